The average molecular weight is 230 g/mol. The second-order valence-corrected chi connectivity index (χ2v) is 3.26. The predicted molar refractivity (Wildman–Crippen MR) is 53.3 cm³/mol. The number of ether oxygens (including phenoxy) is 1. The van der Waals surface area contributed by atoms with E-state index in [1.54, 1.807) is 0 Å². The number of hydrogen-bond acceptors (Lipinski definition) is 3. The van der Waals surface area contributed by atoms with E-state index in [0.29, 0.717) is 5.56 Å². The molecular formula is C10H12F2N2O2. The van der Waals surface area contributed by atoms with Crippen molar-refractivity contribution in [2.75, 3.05) is 13.2 Å². The van der Waals surface area contributed by atoms with Crippen LogP contribution in [0.5, 0.6) is 0 Å². The molecule has 0 aliphatic rings. The van der Waals surface area contributed by atoms with Gasteiger partial charge in [-0.05, 0) is 17.7 Å². The van der Waals surface area contributed by atoms with Gasteiger partial charge in [-0.15, -0.1) is 0 Å². The molecule has 0 radical (unpaired) electrons. The predicted octanol–water partition coefficient (Wildman–Crippen LogP) is 0.466. The molecule has 1 aromatic carbocycles. The molecule has 0 spiro atoms. The number of hydrogen-bond donors (Lipinski definition) is 2. The van der Waals surface area contributed by atoms with Crippen molar-refractivity contribution in [2.24, 2.45) is 11.5 Å². The third kappa shape index (κ3) is 3.56. The van der Waals surface area contributed by atoms with Crippen LogP contribution in [0.15, 0.2) is 18.2 Å². The molecule has 4 N–H and O–H groups in total. The molecule has 0 heterocycles. The van der Waals surface area contributed by atoms with Gasteiger partial charge in [-0.25, -0.2) is 8.78 Å². The van der Waals surface area contributed by atoms with Crippen LogP contribution in [-0.4, -0.2) is 19.1 Å². The van der Waals surface area contributed by atoms with Gasteiger partial charge in [0.25, 0.3) is 0 Å². The van der Waals surface area contributed by atoms with Crippen LogP contribution in [0.2, 0.25) is 0 Å². The van der Waals surface area contributed by atoms with Crippen molar-refractivity contribution in [3.8, 4) is 0 Å². The van der Waals surface area contributed by atoms with Gasteiger partial charge in [0.15, 0.2) is 11.6 Å². The van der Waals surface area contributed by atoms with Crippen LogP contribution in [0.3, 0.4) is 0 Å². The van der Waals surface area contributed by atoms with Gasteiger partial charge < -0.3 is 16.2 Å². The first-order valence-corrected chi connectivity index (χ1v) is 4.57. The molecule has 0 aromatic heterocycles. The maximum Gasteiger partial charge on any atom is 0.243 e. The van der Waals surface area contributed by atoms with E-state index in [4.69, 9.17) is 16.2 Å². The van der Waals surface area contributed by atoms with Gasteiger partial charge in [0, 0.05) is 0 Å². The summed E-state index contributed by atoms with van der Waals surface area (Å²) in [5.41, 5.74) is 10.9. The number of halogens is 2. The minimum Gasteiger partial charge on any atom is -0.370 e. The Morgan fingerprint density at radius 3 is 2.62 bits per heavy atom. The number of nitrogens with two attached hydrogens (primary N) is 2. The van der Waals surface area contributed by atoms with Crippen molar-refractivity contribution in [1.82, 2.24) is 0 Å². The van der Waals surface area contributed by atoms with Crippen LogP contribution < -0.4 is 11.5 Å². The SMILES string of the molecule is NC(=O)COCC(N)c1ccc(F)c(F)c1. The Kier molecular flexibility index (Phi) is 4.33. The van der Waals surface area contributed by atoms with Crippen molar-refractivity contribution < 1.29 is 18.3 Å². The number of rotatable bonds is 5. The highest BCUT2D eigenvalue weighted by atomic mass is 19.2. The maximum absolute atomic E-state index is 12.8. The molecule has 4 nitrogen and oxygen atoms in total. The zero-order valence-electron chi connectivity index (χ0n) is 8.45. The Labute approximate surface area is 91.2 Å². The van der Waals surface area contributed by atoms with Crippen LogP contribution in [0.4, 0.5) is 8.78 Å². The lowest BCUT2D eigenvalue weighted by Crippen LogP contribution is -2.23. The molecule has 0 bridgehead atoms. The number of primary amides is 1. The molecule has 0 aliphatic heterocycles. The van der Waals surface area contributed by atoms with Crippen LogP contribution in [0, 0.1) is 11.6 Å². The van der Waals surface area contributed by atoms with Gasteiger partial charge in [-0.2, -0.15) is 0 Å². The fourth-order valence-electron chi connectivity index (χ4n) is 1.13. The highest BCUT2D eigenvalue weighted by molar-refractivity contribution is 5.74. The normalized spacial score (nSPS) is 12.4. The quantitative estimate of drug-likeness (QED) is 0.771. The minimum absolute atomic E-state index is 0.00795. The van der Waals surface area contributed by atoms with E-state index in [0.717, 1.165) is 12.1 Å². The largest absolute Gasteiger partial charge is 0.370 e. The van der Waals surface area contributed by atoms with Crippen LogP contribution in [0.25, 0.3) is 0 Å². The summed E-state index contributed by atoms with van der Waals surface area (Å²) in [6.45, 7) is -0.245. The number of amides is 1. The Bertz CT molecular complexity index is 385. The molecule has 0 saturated heterocycles. The standard InChI is InChI=1S/C10H12F2N2O2/c11-7-2-1-6(3-8(7)12)9(13)4-16-5-10(14)15/h1-3,9H,4-5,13H2,(H2,14,15). The Morgan fingerprint density at radius 1 is 1.38 bits per heavy atom. The van der Waals surface area contributed by atoms with Crippen molar-refractivity contribution >= 4 is 5.91 Å². The summed E-state index contributed by atoms with van der Waals surface area (Å²) >= 11 is 0. The molecule has 1 atom stereocenters. The highest BCUT2D eigenvalue weighted by Gasteiger charge is 2.10. The van der Waals surface area contributed by atoms with Gasteiger partial charge in [-0.1, -0.05) is 6.07 Å². The lowest BCUT2D eigenvalue weighted by Gasteiger charge is -2.11. The van der Waals surface area contributed by atoms with Gasteiger partial charge in [0.05, 0.1) is 12.6 Å². The monoisotopic (exact) mass is 230 g/mol. The molecule has 1 aromatic rings. The number of carbonyl (C=O) groups excluding carboxylic acids is 1. The van der Waals surface area contributed by atoms with Crippen molar-refractivity contribution in [3.05, 3.63) is 35.4 Å². The first-order valence-electron chi connectivity index (χ1n) is 4.57. The third-order valence-electron chi connectivity index (χ3n) is 1.91. The van der Waals surface area contributed by atoms with Crippen molar-refractivity contribution in [1.29, 1.82) is 0 Å². The first kappa shape index (κ1) is 12.5. The van der Waals surface area contributed by atoms with Crippen LogP contribution in [-0.2, 0) is 9.53 Å². The second-order valence-electron chi connectivity index (χ2n) is 3.26. The molecule has 1 amide bonds. The summed E-state index contributed by atoms with van der Waals surface area (Å²) in [6, 6.07) is 2.71. The van der Waals surface area contributed by atoms with E-state index in [1.165, 1.54) is 6.07 Å². The minimum atomic E-state index is -0.970. The summed E-state index contributed by atoms with van der Waals surface area (Å²) < 4.78 is 30.3. The summed E-state index contributed by atoms with van der Waals surface area (Å²) in [4.78, 5) is 10.4. The van der Waals surface area contributed by atoms with E-state index in [-0.39, 0.29) is 13.2 Å². The molecule has 0 aliphatic carbocycles. The molecule has 88 valence electrons. The zero-order valence-corrected chi connectivity index (χ0v) is 8.45. The first-order chi connectivity index (χ1) is 7.50. The lowest BCUT2D eigenvalue weighted by molar-refractivity contribution is -0.122. The van der Waals surface area contributed by atoms with Crippen LogP contribution in [0.1, 0.15) is 11.6 Å². The van der Waals surface area contributed by atoms with E-state index in [1.807, 2.05) is 0 Å². The van der Waals surface area contributed by atoms with Gasteiger partial charge in [0.1, 0.15) is 6.61 Å². The molecule has 1 rings (SSSR count). The smallest absolute Gasteiger partial charge is 0.243 e. The maximum atomic E-state index is 12.8. The second kappa shape index (κ2) is 5.53. The van der Waals surface area contributed by atoms with Gasteiger partial charge in [-0.3, -0.25) is 4.79 Å². The Morgan fingerprint density at radius 2 is 2.06 bits per heavy atom. The average Bonchev–Trinajstić information content (AvgIpc) is 2.21. The van der Waals surface area contributed by atoms with Gasteiger partial charge >= 0.3 is 0 Å². The fourth-order valence-corrected chi connectivity index (χ4v) is 1.13. The summed E-state index contributed by atoms with van der Waals surface area (Å²) in [5.74, 6) is -2.52. The van der Waals surface area contributed by atoms with Gasteiger partial charge in [0.2, 0.25) is 5.91 Å². The molecule has 6 heteroatoms. The number of carbonyl (C=O) groups is 1. The molecule has 16 heavy (non-hydrogen) atoms. The molecule has 0 fully saturated rings. The van der Waals surface area contributed by atoms with E-state index in [2.05, 4.69) is 0 Å². The summed E-state index contributed by atoms with van der Waals surface area (Å²) in [6.07, 6.45) is 0. The summed E-state index contributed by atoms with van der Waals surface area (Å²) in [7, 11) is 0. The third-order valence-corrected chi connectivity index (χ3v) is 1.91. The van der Waals surface area contributed by atoms with E-state index in [9.17, 15) is 13.6 Å². The topological polar surface area (TPSA) is 78.3 Å². The van der Waals surface area contributed by atoms with Crippen molar-refractivity contribution in [2.45, 2.75) is 6.04 Å². The van der Waals surface area contributed by atoms with Crippen molar-refractivity contribution in [3.63, 3.8) is 0 Å². The zero-order chi connectivity index (χ0) is 12.1. The molecule has 0 saturated carbocycles. The van der Waals surface area contributed by atoms with E-state index < -0.39 is 23.6 Å². The highest BCUT2D eigenvalue weighted by Crippen LogP contribution is 2.14. The summed E-state index contributed by atoms with van der Waals surface area (Å²) in [5, 5.41) is 0. The molecular weight excluding hydrogens is 218 g/mol. The Balaban J connectivity index is 2.55. The van der Waals surface area contributed by atoms with Crippen LogP contribution >= 0.6 is 0 Å². The number of benzene rings is 1. The molecule has 1 unspecified atom stereocenters. The lowest BCUT2D eigenvalue weighted by atomic mass is 10.1. The van der Waals surface area contributed by atoms with E-state index >= 15 is 0 Å². The Hall–Kier alpha value is -1.53. The fraction of sp³-hybridized carbons (Fsp3) is 0.300.